The van der Waals surface area contributed by atoms with Crippen LogP contribution in [0.3, 0.4) is 0 Å². The lowest BCUT2D eigenvalue weighted by Gasteiger charge is -2.02. The number of thiophene rings is 1. The van der Waals surface area contributed by atoms with Gasteiger partial charge in [-0.3, -0.25) is 4.68 Å². The van der Waals surface area contributed by atoms with Gasteiger partial charge in [0.05, 0.1) is 17.1 Å². The number of hydrogen-bond donors (Lipinski definition) is 1. The maximum Gasteiger partial charge on any atom is 0.125 e. The van der Waals surface area contributed by atoms with Gasteiger partial charge in [-0.1, -0.05) is 36.8 Å². The summed E-state index contributed by atoms with van der Waals surface area (Å²) in [5, 5.41) is 4.65. The van der Waals surface area contributed by atoms with Crippen molar-refractivity contribution in [3.63, 3.8) is 0 Å². The third-order valence-corrected chi connectivity index (χ3v) is 4.70. The molecule has 3 nitrogen and oxygen atoms in total. The molecule has 2 heterocycles. The molecule has 1 aromatic carbocycles. The first kappa shape index (κ1) is 13.9. The van der Waals surface area contributed by atoms with Crippen molar-refractivity contribution in [1.82, 2.24) is 9.78 Å². The van der Waals surface area contributed by atoms with E-state index in [2.05, 4.69) is 55.3 Å². The van der Waals surface area contributed by atoms with Crippen LogP contribution < -0.4 is 5.73 Å². The Morgan fingerprint density at radius 1 is 1.24 bits per heavy atom. The molecule has 0 spiro atoms. The molecule has 4 heteroatoms. The topological polar surface area (TPSA) is 43.8 Å². The number of aromatic nitrogens is 2. The fraction of sp³-hybridized carbons (Fsp3) is 0.235. The second kappa shape index (κ2) is 5.74. The van der Waals surface area contributed by atoms with E-state index in [4.69, 9.17) is 5.73 Å². The first-order valence-electron chi connectivity index (χ1n) is 7.13. The third kappa shape index (κ3) is 3.00. The van der Waals surface area contributed by atoms with Crippen LogP contribution in [0.2, 0.25) is 0 Å². The Balaban J connectivity index is 1.87. The maximum absolute atomic E-state index is 6.13. The van der Waals surface area contributed by atoms with Crippen LogP contribution in [-0.4, -0.2) is 9.78 Å². The van der Waals surface area contributed by atoms with Crippen LogP contribution in [0.5, 0.6) is 0 Å². The average molecular weight is 297 g/mol. The number of nitrogens with zero attached hydrogens (tertiary/aromatic N) is 2. The van der Waals surface area contributed by atoms with Crippen molar-refractivity contribution in [2.24, 2.45) is 0 Å². The number of nitrogen functional groups attached to an aromatic ring is 1. The molecule has 0 atom stereocenters. The van der Waals surface area contributed by atoms with E-state index in [0.717, 1.165) is 29.2 Å². The normalized spacial score (nSPS) is 11.0. The monoisotopic (exact) mass is 297 g/mol. The molecule has 0 saturated heterocycles. The zero-order valence-electron chi connectivity index (χ0n) is 12.3. The molecule has 2 aromatic heterocycles. The van der Waals surface area contributed by atoms with E-state index in [1.165, 1.54) is 16.0 Å². The van der Waals surface area contributed by atoms with Crippen LogP contribution in [-0.2, 0) is 13.0 Å². The van der Waals surface area contributed by atoms with Gasteiger partial charge < -0.3 is 5.73 Å². The minimum absolute atomic E-state index is 0.743. The van der Waals surface area contributed by atoms with Crippen molar-refractivity contribution in [2.75, 3.05) is 5.73 Å². The molecule has 108 valence electrons. The lowest BCUT2D eigenvalue weighted by molar-refractivity contribution is 0.689. The van der Waals surface area contributed by atoms with Crippen molar-refractivity contribution >= 4 is 17.0 Å². The highest BCUT2D eigenvalue weighted by atomic mass is 32.1. The first-order chi connectivity index (χ1) is 10.2. The molecular formula is C17H19N3S. The summed E-state index contributed by atoms with van der Waals surface area (Å²) in [7, 11) is 0. The Kier molecular flexibility index (Phi) is 3.80. The first-order valence-corrected chi connectivity index (χ1v) is 7.95. The maximum atomic E-state index is 6.13. The Hall–Kier alpha value is -2.07. The van der Waals surface area contributed by atoms with E-state index in [-0.39, 0.29) is 0 Å². The van der Waals surface area contributed by atoms with Crippen molar-refractivity contribution in [1.29, 1.82) is 0 Å². The summed E-state index contributed by atoms with van der Waals surface area (Å²) >= 11 is 1.77. The van der Waals surface area contributed by atoms with Gasteiger partial charge in [-0.2, -0.15) is 5.10 Å². The summed E-state index contributed by atoms with van der Waals surface area (Å²) < 4.78 is 1.92. The molecule has 0 radical (unpaired) electrons. The number of benzene rings is 1. The van der Waals surface area contributed by atoms with Crippen LogP contribution in [0.4, 0.5) is 5.69 Å². The largest absolute Gasteiger partial charge is 0.396 e. The number of anilines is 1. The van der Waals surface area contributed by atoms with E-state index < -0.39 is 0 Å². The second-order valence-corrected chi connectivity index (χ2v) is 6.41. The predicted molar refractivity (Wildman–Crippen MR) is 89.6 cm³/mol. The van der Waals surface area contributed by atoms with Gasteiger partial charge in [-0.05, 0) is 31.0 Å². The Bertz CT molecular complexity index is 755. The summed E-state index contributed by atoms with van der Waals surface area (Å²) in [6.07, 6.45) is 2.97. The second-order valence-electron chi connectivity index (χ2n) is 5.24. The highest BCUT2D eigenvalue weighted by Gasteiger charge is 2.11. The number of aryl methyl sites for hydroxylation is 2. The van der Waals surface area contributed by atoms with Gasteiger partial charge in [-0.25, -0.2) is 0 Å². The molecule has 3 rings (SSSR count). The fourth-order valence-electron chi connectivity index (χ4n) is 2.40. The zero-order valence-corrected chi connectivity index (χ0v) is 13.2. The molecule has 0 aliphatic rings. The summed E-state index contributed by atoms with van der Waals surface area (Å²) in [4.78, 5) is 2.50. The van der Waals surface area contributed by atoms with Crippen molar-refractivity contribution < 1.29 is 0 Å². The van der Waals surface area contributed by atoms with Gasteiger partial charge in [0.25, 0.3) is 0 Å². The fourth-order valence-corrected chi connectivity index (χ4v) is 3.36. The molecule has 0 fully saturated rings. The van der Waals surface area contributed by atoms with E-state index >= 15 is 0 Å². The molecule has 0 amide bonds. The van der Waals surface area contributed by atoms with Crippen molar-refractivity contribution in [2.45, 2.75) is 26.8 Å². The SMILES string of the molecule is CCc1ccc(-c2nn(Cc3cccc(C)c3)cc2N)s1. The molecule has 2 N–H and O–H groups in total. The number of hydrogen-bond acceptors (Lipinski definition) is 3. The van der Waals surface area contributed by atoms with E-state index in [9.17, 15) is 0 Å². The van der Waals surface area contributed by atoms with Crippen LogP contribution in [0, 0.1) is 6.92 Å². The number of rotatable bonds is 4. The van der Waals surface area contributed by atoms with E-state index in [1.54, 1.807) is 11.3 Å². The highest BCUT2D eigenvalue weighted by Crippen LogP contribution is 2.31. The Morgan fingerprint density at radius 3 is 2.81 bits per heavy atom. The number of nitrogens with two attached hydrogens (primary N) is 1. The van der Waals surface area contributed by atoms with E-state index in [0.29, 0.717) is 0 Å². The standard InChI is InChI=1S/C17H19N3S/c1-3-14-7-8-16(21-14)17-15(18)11-20(19-17)10-13-6-4-5-12(2)9-13/h4-9,11H,3,10,18H2,1-2H3. The summed E-state index contributed by atoms with van der Waals surface area (Å²) in [5.74, 6) is 0. The van der Waals surface area contributed by atoms with Crippen LogP contribution in [0.25, 0.3) is 10.6 Å². The average Bonchev–Trinajstić information content (AvgIpc) is 3.05. The smallest absolute Gasteiger partial charge is 0.125 e. The highest BCUT2D eigenvalue weighted by molar-refractivity contribution is 7.15. The van der Waals surface area contributed by atoms with Gasteiger partial charge in [0, 0.05) is 11.1 Å². The molecule has 0 saturated carbocycles. The molecule has 0 aliphatic carbocycles. The molecule has 21 heavy (non-hydrogen) atoms. The molecule has 0 unspecified atom stereocenters. The van der Waals surface area contributed by atoms with Crippen LogP contribution >= 0.6 is 11.3 Å². The summed E-state index contributed by atoms with van der Waals surface area (Å²) in [6, 6.07) is 12.7. The minimum atomic E-state index is 0.743. The molecule has 0 bridgehead atoms. The van der Waals surface area contributed by atoms with Crippen molar-refractivity contribution in [3.05, 3.63) is 58.6 Å². The van der Waals surface area contributed by atoms with Gasteiger partial charge in [0.1, 0.15) is 5.69 Å². The van der Waals surface area contributed by atoms with Crippen LogP contribution in [0.15, 0.2) is 42.6 Å². The third-order valence-electron chi connectivity index (χ3n) is 3.46. The zero-order chi connectivity index (χ0) is 14.8. The quantitative estimate of drug-likeness (QED) is 0.787. The van der Waals surface area contributed by atoms with Gasteiger partial charge in [0.2, 0.25) is 0 Å². The molecule has 0 aliphatic heterocycles. The van der Waals surface area contributed by atoms with Gasteiger partial charge >= 0.3 is 0 Å². The molecular weight excluding hydrogens is 278 g/mol. The molecule has 3 aromatic rings. The summed E-state index contributed by atoms with van der Waals surface area (Å²) in [6.45, 7) is 5.01. The van der Waals surface area contributed by atoms with Crippen LogP contribution in [0.1, 0.15) is 22.9 Å². The Labute approximate surface area is 129 Å². The summed E-state index contributed by atoms with van der Waals surface area (Å²) in [5.41, 5.74) is 10.3. The minimum Gasteiger partial charge on any atom is -0.396 e. The van der Waals surface area contributed by atoms with Gasteiger partial charge in [0.15, 0.2) is 0 Å². The van der Waals surface area contributed by atoms with Crippen molar-refractivity contribution in [3.8, 4) is 10.6 Å². The lowest BCUT2D eigenvalue weighted by Crippen LogP contribution is -2.00. The Morgan fingerprint density at radius 2 is 2.10 bits per heavy atom. The van der Waals surface area contributed by atoms with E-state index in [1.807, 2.05) is 10.9 Å². The van der Waals surface area contributed by atoms with Gasteiger partial charge in [-0.15, -0.1) is 11.3 Å². The predicted octanol–water partition coefficient (Wildman–Crippen LogP) is 4.11. The lowest BCUT2D eigenvalue weighted by atomic mass is 10.1.